The van der Waals surface area contributed by atoms with Crippen molar-refractivity contribution in [3.05, 3.63) is 51.5 Å². The van der Waals surface area contributed by atoms with Crippen molar-refractivity contribution in [1.82, 2.24) is 0 Å². The lowest BCUT2D eigenvalue weighted by Gasteiger charge is -2.14. The third-order valence-electron chi connectivity index (χ3n) is 3.46. The second-order valence-corrected chi connectivity index (χ2v) is 7.01. The molecule has 1 amide bonds. The van der Waals surface area contributed by atoms with E-state index < -0.39 is 10.2 Å². The highest BCUT2D eigenvalue weighted by Gasteiger charge is 2.18. The minimum Gasteiger partial charge on any atom is -0.493 e. The summed E-state index contributed by atoms with van der Waals surface area (Å²) in [6.07, 6.45) is 0. The summed E-state index contributed by atoms with van der Waals surface area (Å²) in [7, 11) is 3.08. The first kappa shape index (κ1) is 19.9. The van der Waals surface area contributed by atoms with Gasteiger partial charge in [-0.1, -0.05) is 11.6 Å². The van der Waals surface area contributed by atoms with Gasteiger partial charge in [-0.3, -0.25) is 14.9 Å². The molecule has 0 spiro atoms. The molecule has 0 aliphatic rings. The van der Waals surface area contributed by atoms with Crippen LogP contribution in [-0.4, -0.2) is 30.3 Å². The van der Waals surface area contributed by atoms with Crippen LogP contribution in [0, 0.1) is 10.1 Å². The first-order valence-electron chi connectivity index (χ1n) is 7.49. The number of thioether (sulfide) groups is 1. The molecule has 0 heterocycles. The number of nitro groups is 1. The molecule has 2 aromatic rings. The van der Waals surface area contributed by atoms with Crippen LogP contribution in [0.2, 0.25) is 5.02 Å². The van der Waals surface area contributed by atoms with E-state index >= 15 is 0 Å². The normalized spacial score (nSPS) is 11.5. The molecule has 1 N–H and O–H groups in total. The molecular weight excluding hydrogens is 380 g/mol. The average molecular weight is 397 g/mol. The Kier molecular flexibility index (Phi) is 6.70. The number of hydrogen-bond donors (Lipinski definition) is 1. The SMILES string of the molecule is COc1ccc(S[C@H](C)C(=O)Nc2cc([N+](=O)[O-])ccc2Cl)cc1OC. The Morgan fingerprint density at radius 1 is 1.19 bits per heavy atom. The number of carbonyl (C=O) groups is 1. The number of nitrogens with one attached hydrogen (secondary N) is 1. The predicted octanol–water partition coefficient (Wildman–Crippen LogP) is 4.38. The topological polar surface area (TPSA) is 90.7 Å². The molecule has 1 atom stereocenters. The fourth-order valence-electron chi connectivity index (χ4n) is 2.10. The molecule has 0 fully saturated rings. The van der Waals surface area contributed by atoms with Gasteiger partial charge in [-0.25, -0.2) is 0 Å². The Hall–Kier alpha value is -2.45. The number of non-ortho nitro benzene ring substituents is 1. The molecule has 0 aliphatic carbocycles. The van der Waals surface area contributed by atoms with Gasteiger partial charge < -0.3 is 14.8 Å². The van der Waals surface area contributed by atoms with Crippen molar-refractivity contribution >= 4 is 40.6 Å². The van der Waals surface area contributed by atoms with Crippen LogP contribution >= 0.6 is 23.4 Å². The Balaban J connectivity index is 2.11. The van der Waals surface area contributed by atoms with E-state index in [1.54, 1.807) is 26.2 Å². The van der Waals surface area contributed by atoms with Crippen LogP contribution in [0.1, 0.15) is 6.92 Å². The molecule has 0 bridgehead atoms. The van der Waals surface area contributed by atoms with Crippen LogP contribution in [0.3, 0.4) is 0 Å². The highest BCUT2D eigenvalue weighted by Crippen LogP contribution is 2.34. The van der Waals surface area contributed by atoms with E-state index in [2.05, 4.69) is 5.32 Å². The van der Waals surface area contributed by atoms with E-state index in [0.717, 1.165) is 4.90 Å². The quantitative estimate of drug-likeness (QED) is 0.424. The van der Waals surface area contributed by atoms with Crippen LogP contribution in [0.5, 0.6) is 11.5 Å². The molecule has 138 valence electrons. The lowest BCUT2D eigenvalue weighted by Crippen LogP contribution is -2.22. The number of ether oxygens (including phenoxy) is 2. The van der Waals surface area contributed by atoms with Crippen LogP contribution < -0.4 is 14.8 Å². The van der Waals surface area contributed by atoms with Crippen LogP contribution in [-0.2, 0) is 4.79 Å². The molecule has 2 rings (SSSR count). The zero-order valence-corrected chi connectivity index (χ0v) is 15.9. The minimum absolute atomic E-state index is 0.148. The minimum atomic E-state index is -0.548. The summed E-state index contributed by atoms with van der Waals surface area (Å²) < 4.78 is 10.4. The van der Waals surface area contributed by atoms with E-state index in [-0.39, 0.29) is 22.3 Å². The van der Waals surface area contributed by atoms with Crippen LogP contribution in [0.4, 0.5) is 11.4 Å². The number of nitrogens with zero attached hydrogens (tertiary/aromatic N) is 1. The summed E-state index contributed by atoms with van der Waals surface area (Å²) in [5, 5.41) is 13.2. The lowest BCUT2D eigenvalue weighted by molar-refractivity contribution is -0.384. The standard InChI is InChI=1S/C17H17ClN2O5S/c1-10(26-12-5-7-15(24-2)16(9-12)25-3)17(21)19-14-8-11(20(22)23)4-6-13(14)18/h4-10H,1-3H3,(H,19,21)/t10-/m1/s1. The molecule has 0 saturated heterocycles. The Morgan fingerprint density at radius 2 is 1.88 bits per heavy atom. The molecule has 9 heteroatoms. The number of amides is 1. The summed E-state index contributed by atoms with van der Waals surface area (Å²) in [6, 6.07) is 9.22. The molecule has 0 radical (unpaired) electrons. The van der Waals surface area contributed by atoms with Gasteiger partial charge in [0.1, 0.15) is 0 Å². The molecule has 0 aliphatic heterocycles. The zero-order chi connectivity index (χ0) is 19.3. The first-order valence-corrected chi connectivity index (χ1v) is 8.75. The molecular formula is C17H17ClN2O5S. The van der Waals surface area contributed by atoms with E-state index in [9.17, 15) is 14.9 Å². The third kappa shape index (κ3) is 4.80. The van der Waals surface area contributed by atoms with Crippen LogP contribution in [0.25, 0.3) is 0 Å². The van der Waals surface area contributed by atoms with Crippen molar-refractivity contribution in [3.63, 3.8) is 0 Å². The summed E-state index contributed by atoms with van der Waals surface area (Å²) >= 11 is 7.32. The number of nitro benzene ring substituents is 1. The van der Waals surface area contributed by atoms with Crippen molar-refractivity contribution in [2.45, 2.75) is 17.1 Å². The molecule has 7 nitrogen and oxygen atoms in total. The zero-order valence-electron chi connectivity index (χ0n) is 14.3. The highest BCUT2D eigenvalue weighted by atomic mass is 35.5. The summed E-state index contributed by atoms with van der Waals surface area (Å²) in [4.78, 5) is 23.5. The number of halogens is 1. The third-order valence-corrected chi connectivity index (χ3v) is 4.88. The Morgan fingerprint density at radius 3 is 2.50 bits per heavy atom. The molecule has 2 aromatic carbocycles. The number of anilines is 1. The number of benzene rings is 2. The number of carbonyl (C=O) groups excluding carboxylic acids is 1. The van der Waals surface area contributed by atoms with Gasteiger partial charge in [0.05, 0.1) is 35.1 Å². The van der Waals surface area contributed by atoms with Gasteiger partial charge in [-0.05, 0) is 31.2 Å². The van der Waals surface area contributed by atoms with Gasteiger partial charge in [0.15, 0.2) is 11.5 Å². The van der Waals surface area contributed by atoms with Gasteiger partial charge in [0.25, 0.3) is 5.69 Å². The molecule has 0 aromatic heterocycles. The summed E-state index contributed by atoms with van der Waals surface area (Å²) in [6.45, 7) is 1.72. The van der Waals surface area contributed by atoms with E-state index in [4.69, 9.17) is 21.1 Å². The maximum absolute atomic E-state index is 12.4. The van der Waals surface area contributed by atoms with Gasteiger partial charge in [0.2, 0.25) is 5.91 Å². The maximum Gasteiger partial charge on any atom is 0.271 e. The van der Waals surface area contributed by atoms with Gasteiger partial charge >= 0.3 is 0 Å². The van der Waals surface area contributed by atoms with Crippen molar-refractivity contribution in [2.24, 2.45) is 0 Å². The second kappa shape index (κ2) is 8.77. The Labute approximate surface area is 159 Å². The van der Waals surface area contributed by atoms with Gasteiger partial charge in [-0.15, -0.1) is 11.8 Å². The lowest BCUT2D eigenvalue weighted by atomic mass is 10.2. The number of methoxy groups -OCH3 is 2. The average Bonchev–Trinajstić information content (AvgIpc) is 2.62. The van der Waals surface area contributed by atoms with Crippen molar-refractivity contribution in [2.75, 3.05) is 19.5 Å². The fourth-order valence-corrected chi connectivity index (χ4v) is 3.17. The van der Waals surface area contributed by atoms with Crippen molar-refractivity contribution < 1.29 is 19.2 Å². The summed E-state index contributed by atoms with van der Waals surface area (Å²) in [5.74, 6) is 0.830. The molecule has 26 heavy (non-hydrogen) atoms. The van der Waals surface area contributed by atoms with E-state index in [1.165, 1.54) is 37.1 Å². The van der Waals surface area contributed by atoms with Gasteiger partial charge in [-0.2, -0.15) is 0 Å². The summed E-state index contributed by atoms with van der Waals surface area (Å²) in [5.41, 5.74) is 0.0514. The van der Waals surface area contributed by atoms with Gasteiger partial charge in [0, 0.05) is 17.0 Å². The van der Waals surface area contributed by atoms with E-state index in [0.29, 0.717) is 11.5 Å². The maximum atomic E-state index is 12.4. The fraction of sp³-hybridized carbons (Fsp3) is 0.235. The second-order valence-electron chi connectivity index (χ2n) is 5.19. The largest absolute Gasteiger partial charge is 0.493 e. The first-order chi connectivity index (χ1) is 12.3. The predicted molar refractivity (Wildman–Crippen MR) is 102 cm³/mol. The van der Waals surface area contributed by atoms with Crippen molar-refractivity contribution in [3.8, 4) is 11.5 Å². The monoisotopic (exact) mass is 396 g/mol. The van der Waals surface area contributed by atoms with Crippen molar-refractivity contribution in [1.29, 1.82) is 0 Å². The van der Waals surface area contributed by atoms with Crippen LogP contribution in [0.15, 0.2) is 41.3 Å². The molecule has 0 unspecified atom stereocenters. The number of rotatable bonds is 7. The Bertz CT molecular complexity index is 831. The number of hydrogen-bond acceptors (Lipinski definition) is 6. The smallest absolute Gasteiger partial charge is 0.271 e. The van der Waals surface area contributed by atoms with E-state index in [1.807, 2.05) is 6.07 Å². The molecule has 0 saturated carbocycles. The highest BCUT2D eigenvalue weighted by molar-refractivity contribution is 8.00.